The third-order valence-electron chi connectivity index (χ3n) is 1.63. The number of nitrogens with zero attached hydrogens (tertiary/aromatic N) is 1. The minimum absolute atomic E-state index is 0.760. The molecule has 0 aliphatic carbocycles. The number of anilines is 1. The summed E-state index contributed by atoms with van der Waals surface area (Å²) in [4.78, 5) is 4.16. The fourth-order valence-electron chi connectivity index (χ4n) is 1.08. The van der Waals surface area contributed by atoms with Crippen molar-refractivity contribution >= 4 is 16.6 Å². The Bertz CT molecular complexity index is 383. The number of aromatic nitrogens is 1. The van der Waals surface area contributed by atoms with E-state index in [-0.39, 0.29) is 0 Å². The molecule has 68 valence electrons. The number of hydrogen-bond donors (Lipinski definition) is 1. The van der Waals surface area contributed by atoms with Crippen LogP contribution in [0.25, 0.3) is 10.9 Å². The lowest BCUT2D eigenvalue weighted by molar-refractivity contribution is 1.41. The summed E-state index contributed by atoms with van der Waals surface area (Å²) in [5, 5.41) is 1.13. The molecular weight excluding hydrogens is 160 g/mol. The smallest absolute Gasteiger partial charge is 0.0722 e. The molecule has 0 unspecified atom stereocenters. The van der Waals surface area contributed by atoms with E-state index in [1.54, 1.807) is 6.20 Å². The largest absolute Gasteiger partial charge is 0.399 e. The second kappa shape index (κ2) is 4.45. The van der Waals surface area contributed by atoms with Gasteiger partial charge < -0.3 is 5.73 Å². The lowest BCUT2D eigenvalue weighted by Gasteiger charge is -1.95. The number of nitrogen functional groups attached to an aromatic ring is 1. The Labute approximate surface area is 78.4 Å². The van der Waals surface area contributed by atoms with Crippen LogP contribution in [0.1, 0.15) is 13.8 Å². The Morgan fingerprint density at radius 1 is 1.15 bits per heavy atom. The second-order valence-corrected chi connectivity index (χ2v) is 2.46. The first kappa shape index (κ1) is 9.52. The molecule has 2 aromatic rings. The Morgan fingerprint density at radius 2 is 1.92 bits per heavy atom. The van der Waals surface area contributed by atoms with E-state index < -0.39 is 0 Å². The molecule has 2 rings (SSSR count). The van der Waals surface area contributed by atoms with Crippen molar-refractivity contribution in [3.05, 3.63) is 36.5 Å². The van der Waals surface area contributed by atoms with E-state index >= 15 is 0 Å². The maximum absolute atomic E-state index is 5.58. The molecule has 0 saturated carbocycles. The molecule has 0 saturated heterocycles. The minimum Gasteiger partial charge on any atom is -0.399 e. The first-order valence-corrected chi connectivity index (χ1v) is 4.46. The van der Waals surface area contributed by atoms with Gasteiger partial charge >= 0.3 is 0 Å². The average molecular weight is 174 g/mol. The van der Waals surface area contributed by atoms with Gasteiger partial charge in [-0.25, -0.2) is 0 Å². The van der Waals surface area contributed by atoms with Crippen LogP contribution in [0.4, 0.5) is 5.69 Å². The number of hydrogen-bond acceptors (Lipinski definition) is 2. The van der Waals surface area contributed by atoms with Crippen LogP contribution in [0, 0.1) is 0 Å². The predicted molar refractivity (Wildman–Crippen MR) is 57.5 cm³/mol. The third-order valence-corrected chi connectivity index (χ3v) is 1.63. The van der Waals surface area contributed by atoms with E-state index in [0.717, 1.165) is 16.6 Å². The lowest BCUT2D eigenvalue weighted by atomic mass is 10.2. The van der Waals surface area contributed by atoms with Crippen LogP contribution in [0.2, 0.25) is 0 Å². The van der Waals surface area contributed by atoms with Gasteiger partial charge in [0, 0.05) is 17.3 Å². The lowest BCUT2D eigenvalue weighted by Crippen LogP contribution is -1.84. The zero-order chi connectivity index (χ0) is 9.68. The molecule has 0 atom stereocenters. The molecular formula is C11H14N2. The summed E-state index contributed by atoms with van der Waals surface area (Å²) in [6, 6.07) is 9.65. The predicted octanol–water partition coefficient (Wildman–Crippen LogP) is 2.84. The molecule has 13 heavy (non-hydrogen) atoms. The van der Waals surface area contributed by atoms with Crippen LogP contribution in [-0.4, -0.2) is 4.98 Å². The molecule has 1 heterocycles. The Morgan fingerprint density at radius 3 is 2.69 bits per heavy atom. The second-order valence-electron chi connectivity index (χ2n) is 2.46. The number of rotatable bonds is 0. The molecule has 1 aromatic carbocycles. The van der Waals surface area contributed by atoms with Crippen molar-refractivity contribution in [2.24, 2.45) is 0 Å². The van der Waals surface area contributed by atoms with Gasteiger partial charge in [0.05, 0.1) is 5.52 Å². The molecule has 2 heteroatoms. The SMILES string of the molecule is CC.Nc1ccc2cccnc2c1. The molecule has 0 aliphatic rings. The van der Waals surface area contributed by atoms with Crippen molar-refractivity contribution in [2.45, 2.75) is 13.8 Å². The Balaban J connectivity index is 0.000000396. The van der Waals surface area contributed by atoms with Crippen LogP contribution in [-0.2, 0) is 0 Å². The van der Waals surface area contributed by atoms with Gasteiger partial charge in [0.15, 0.2) is 0 Å². The quantitative estimate of drug-likeness (QED) is 0.624. The van der Waals surface area contributed by atoms with Crippen molar-refractivity contribution in [2.75, 3.05) is 5.73 Å². The summed E-state index contributed by atoms with van der Waals surface area (Å²) in [6.07, 6.45) is 1.77. The summed E-state index contributed by atoms with van der Waals surface area (Å²) in [7, 11) is 0. The van der Waals surface area contributed by atoms with Crippen LogP contribution in [0.15, 0.2) is 36.5 Å². The van der Waals surface area contributed by atoms with Gasteiger partial charge in [0.2, 0.25) is 0 Å². The van der Waals surface area contributed by atoms with Crippen molar-refractivity contribution in [3.8, 4) is 0 Å². The van der Waals surface area contributed by atoms with Gasteiger partial charge in [-0.2, -0.15) is 0 Å². The molecule has 0 bridgehead atoms. The van der Waals surface area contributed by atoms with Gasteiger partial charge in [0.25, 0.3) is 0 Å². The molecule has 0 fully saturated rings. The highest BCUT2D eigenvalue weighted by Crippen LogP contribution is 2.13. The van der Waals surface area contributed by atoms with Crippen molar-refractivity contribution in [3.63, 3.8) is 0 Å². The Hall–Kier alpha value is -1.57. The zero-order valence-electron chi connectivity index (χ0n) is 7.99. The fourth-order valence-corrected chi connectivity index (χ4v) is 1.08. The van der Waals surface area contributed by atoms with Gasteiger partial charge in [0.1, 0.15) is 0 Å². The monoisotopic (exact) mass is 174 g/mol. The molecule has 0 aliphatic heterocycles. The number of pyridine rings is 1. The fraction of sp³-hybridized carbons (Fsp3) is 0.182. The van der Waals surface area contributed by atoms with Crippen LogP contribution in [0.5, 0.6) is 0 Å². The highest BCUT2D eigenvalue weighted by Gasteiger charge is 1.91. The molecule has 1 aromatic heterocycles. The Kier molecular flexibility index (Phi) is 3.26. The average Bonchev–Trinajstić information content (AvgIpc) is 2.21. The topological polar surface area (TPSA) is 38.9 Å². The summed E-state index contributed by atoms with van der Waals surface area (Å²) in [5.74, 6) is 0. The molecule has 0 amide bonds. The summed E-state index contributed by atoms with van der Waals surface area (Å²) in [6.45, 7) is 4.00. The standard InChI is InChI=1S/C9H8N2.C2H6/c10-8-4-3-7-2-1-5-11-9(7)6-8;1-2/h1-6H,10H2;1-2H3. The van der Waals surface area contributed by atoms with Gasteiger partial charge in [-0.15, -0.1) is 0 Å². The van der Waals surface area contributed by atoms with E-state index in [2.05, 4.69) is 4.98 Å². The van der Waals surface area contributed by atoms with Crippen LogP contribution < -0.4 is 5.73 Å². The minimum atomic E-state index is 0.760. The highest BCUT2D eigenvalue weighted by atomic mass is 14.7. The number of fused-ring (bicyclic) bond motifs is 1. The first-order valence-electron chi connectivity index (χ1n) is 4.46. The molecule has 0 radical (unpaired) electrons. The molecule has 2 nitrogen and oxygen atoms in total. The van der Waals surface area contributed by atoms with E-state index in [1.165, 1.54) is 0 Å². The summed E-state index contributed by atoms with van der Waals surface area (Å²) >= 11 is 0. The number of nitrogens with two attached hydrogens (primary N) is 1. The zero-order valence-corrected chi connectivity index (χ0v) is 7.99. The van der Waals surface area contributed by atoms with Gasteiger partial charge in [-0.1, -0.05) is 26.0 Å². The maximum Gasteiger partial charge on any atom is 0.0722 e. The molecule has 0 spiro atoms. The van der Waals surface area contributed by atoms with Crippen molar-refractivity contribution < 1.29 is 0 Å². The normalized spacial score (nSPS) is 9.08. The summed E-state index contributed by atoms with van der Waals surface area (Å²) < 4.78 is 0. The van der Waals surface area contributed by atoms with E-state index in [9.17, 15) is 0 Å². The van der Waals surface area contributed by atoms with Crippen LogP contribution >= 0.6 is 0 Å². The third kappa shape index (κ3) is 2.18. The van der Waals surface area contributed by atoms with E-state index in [1.807, 2.05) is 44.2 Å². The van der Waals surface area contributed by atoms with Gasteiger partial charge in [-0.3, -0.25) is 4.98 Å². The molecule has 2 N–H and O–H groups in total. The number of benzene rings is 1. The van der Waals surface area contributed by atoms with Crippen LogP contribution in [0.3, 0.4) is 0 Å². The van der Waals surface area contributed by atoms with Crippen molar-refractivity contribution in [1.29, 1.82) is 0 Å². The van der Waals surface area contributed by atoms with Crippen molar-refractivity contribution in [1.82, 2.24) is 4.98 Å². The highest BCUT2D eigenvalue weighted by molar-refractivity contribution is 5.81. The first-order chi connectivity index (χ1) is 6.36. The van der Waals surface area contributed by atoms with E-state index in [0.29, 0.717) is 0 Å². The summed E-state index contributed by atoms with van der Waals surface area (Å²) in [5.41, 5.74) is 7.30. The maximum atomic E-state index is 5.58. The van der Waals surface area contributed by atoms with E-state index in [4.69, 9.17) is 5.73 Å². The van der Waals surface area contributed by atoms with Gasteiger partial charge in [-0.05, 0) is 18.2 Å².